The summed E-state index contributed by atoms with van der Waals surface area (Å²) >= 11 is 1.42. The van der Waals surface area contributed by atoms with E-state index in [1.54, 1.807) is 29.2 Å². The first-order valence-electron chi connectivity index (χ1n) is 9.68. The molecule has 4 rings (SSSR count). The number of carbonyl (C=O) groups is 2. The topological polar surface area (TPSA) is 127 Å². The van der Waals surface area contributed by atoms with Crippen LogP contribution in [0, 0.1) is 5.41 Å². The molecule has 0 fully saturated rings. The number of aliphatic hydroxyl groups is 1. The molecular formula is C22H20N4O4S. The van der Waals surface area contributed by atoms with Gasteiger partial charge in [0.1, 0.15) is 16.6 Å². The number of benzene rings is 2. The van der Waals surface area contributed by atoms with Crippen LogP contribution in [0.25, 0.3) is 15.8 Å². The average Bonchev–Trinajstić information content (AvgIpc) is 3.30. The summed E-state index contributed by atoms with van der Waals surface area (Å²) in [6.45, 7) is 0.382. The van der Waals surface area contributed by atoms with Crippen LogP contribution in [0.3, 0.4) is 0 Å². The van der Waals surface area contributed by atoms with Crippen molar-refractivity contribution in [2.24, 2.45) is 0 Å². The van der Waals surface area contributed by atoms with Crippen LogP contribution in [-0.2, 0) is 4.79 Å². The highest BCUT2D eigenvalue weighted by Crippen LogP contribution is 2.35. The number of nitrogens with one attached hydrogen (secondary N) is 2. The summed E-state index contributed by atoms with van der Waals surface area (Å²) in [5.74, 6) is -1.04. The minimum atomic E-state index is -0.903. The summed E-state index contributed by atoms with van der Waals surface area (Å²) in [7, 11) is 0. The Bertz CT molecular complexity index is 1180. The fourth-order valence-corrected chi connectivity index (χ4v) is 4.40. The molecule has 1 amide bonds. The first-order valence-corrected chi connectivity index (χ1v) is 10.5. The maximum atomic E-state index is 12.4. The van der Waals surface area contributed by atoms with E-state index in [-0.39, 0.29) is 37.0 Å². The van der Waals surface area contributed by atoms with Crippen LogP contribution in [-0.4, -0.2) is 46.0 Å². The Morgan fingerprint density at radius 1 is 1.19 bits per heavy atom. The molecule has 4 N–H and O–H groups in total. The Morgan fingerprint density at radius 2 is 2.00 bits per heavy atom. The van der Waals surface area contributed by atoms with Gasteiger partial charge in [-0.15, -0.1) is 11.3 Å². The number of aromatic nitrogens is 1. The number of amides is 1. The number of hydrogen-bond donors (Lipinski definition) is 4. The zero-order valence-corrected chi connectivity index (χ0v) is 17.3. The Labute approximate surface area is 182 Å². The summed E-state index contributed by atoms with van der Waals surface area (Å²) in [5.41, 5.74) is 2.21. The molecule has 1 aliphatic rings. The zero-order valence-electron chi connectivity index (χ0n) is 16.5. The number of carbonyl (C=O) groups excluding carboxylic acids is 1. The van der Waals surface area contributed by atoms with Crippen molar-refractivity contribution in [3.05, 3.63) is 64.9 Å². The highest BCUT2D eigenvalue weighted by Gasteiger charge is 2.31. The minimum absolute atomic E-state index is 0.00918. The van der Waals surface area contributed by atoms with Gasteiger partial charge in [-0.05, 0) is 36.8 Å². The van der Waals surface area contributed by atoms with Crippen molar-refractivity contribution in [3.8, 4) is 0 Å². The van der Waals surface area contributed by atoms with Crippen molar-refractivity contribution in [3.63, 3.8) is 0 Å². The number of carboxylic acid groups (broad SMARTS) is 1. The van der Waals surface area contributed by atoms with E-state index < -0.39 is 5.97 Å². The third-order valence-corrected chi connectivity index (χ3v) is 5.94. The van der Waals surface area contributed by atoms with Gasteiger partial charge in [-0.3, -0.25) is 15.0 Å². The highest BCUT2D eigenvalue weighted by atomic mass is 32.1. The maximum absolute atomic E-state index is 12.4. The second-order valence-corrected chi connectivity index (χ2v) is 8.08. The Kier molecular flexibility index (Phi) is 5.68. The van der Waals surface area contributed by atoms with Gasteiger partial charge in [-0.1, -0.05) is 18.2 Å². The number of nitrogens with zero attached hydrogens (tertiary/aromatic N) is 2. The molecule has 3 aromatic rings. The fourth-order valence-electron chi connectivity index (χ4n) is 3.36. The normalized spacial score (nSPS) is 13.8. The predicted octanol–water partition coefficient (Wildman–Crippen LogP) is 3.66. The lowest BCUT2D eigenvalue weighted by Gasteiger charge is -2.19. The van der Waals surface area contributed by atoms with E-state index in [1.807, 2.05) is 24.3 Å². The molecule has 0 atom stereocenters. The summed E-state index contributed by atoms with van der Waals surface area (Å²) in [6.07, 6.45) is 0.339. The summed E-state index contributed by atoms with van der Waals surface area (Å²) in [6, 6.07) is 14.4. The molecule has 0 spiro atoms. The van der Waals surface area contributed by atoms with Crippen LogP contribution < -0.4 is 10.2 Å². The van der Waals surface area contributed by atoms with Gasteiger partial charge in [-0.25, -0.2) is 4.98 Å². The Morgan fingerprint density at radius 3 is 2.77 bits per heavy atom. The number of aliphatic carboxylic acids is 1. The molecule has 158 valence electrons. The van der Waals surface area contributed by atoms with Crippen LogP contribution >= 0.6 is 11.3 Å². The van der Waals surface area contributed by atoms with Crippen molar-refractivity contribution in [2.75, 3.05) is 18.0 Å². The van der Waals surface area contributed by atoms with Gasteiger partial charge in [0.2, 0.25) is 0 Å². The van der Waals surface area contributed by atoms with Crippen molar-refractivity contribution in [2.45, 2.75) is 12.8 Å². The molecule has 0 bridgehead atoms. The van der Waals surface area contributed by atoms with E-state index in [0.717, 1.165) is 10.2 Å². The molecule has 9 heteroatoms. The Balaban J connectivity index is 1.51. The molecule has 8 nitrogen and oxygen atoms in total. The van der Waals surface area contributed by atoms with Crippen LogP contribution in [0.5, 0.6) is 0 Å². The monoisotopic (exact) mass is 436 g/mol. The molecule has 0 aliphatic carbocycles. The van der Waals surface area contributed by atoms with E-state index in [4.69, 9.17) is 10.5 Å². The third kappa shape index (κ3) is 4.26. The van der Waals surface area contributed by atoms with E-state index in [2.05, 4.69) is 10.3 Å². The van der Waals surface area contributed by atoms with Crippen molar-refractivity contribution in [1.82, 2.24) is 10.3 Å². The molecule has 1 aliphatic heterocycles. The first-order chi connectivity index (χ1) is 14.9. The molecule has 2 aromatic carbocycles. The lowest BCUT2D eigenvalue weighted by atomic mass is 10.1. The van der Waals surface area contributed by atoms with Crippen LogP contribution in [0.15, 0.2) is 54.3 Å². The summed E-state index contributed by atoms with van der Waals surface area (Å²) < 4.78 is 0.977. The number of hydrogen-bond acceptors (Lipinski definition) is 6. The van der Waals surface area contributed by atoms with E-state index >= 15 is 0 Å². The number of aliphatic hydroxyl groups excluding tert-OH is 1. The van der Waals surface area contributed by atoms with E-state index in [9.17, 15) is 14.7 Å². The molecule has 1 aromatic heterocycles. The number of rotatable bonds is 7. The molecule has 0 saturated carbocycles. The van der Waals surface area contributed by atoms with Gasteiger partial charge >= 0.3 is 5.97 Å². The van der Waals surface area contributed by atoms with E-state index in [1.165, 1.54) is 11.3 Å². The lowest BCUT2D eigenvalue weighted by Crippen LogP contribution is -2.28. The largest absolute Gasteiger partial charge is 0.510 e. The van der Waals surface area contributed by atoms with Crippen LogP contribution in [0.1, 0.15) is 28.2 Å². The molecule has 0 radical (unpaired) electrons. The zero-order chi connectivity index (χ0) is 22.0. The smallest absolute Gasteiger partial charge is 0.303 e. The third-order valence-electron chi connectivity index (χ3n) is 4.88. The van der Waals surface area contributed by atoms with Gasteiger partial charge < -0.3 is 20.4 Å². The van der Waals surface area contributed by atoms with Crippen molar-refractivity contribution in [1.29, 1.82) is 5.41 Å². The second kappa shape index (κ2) is 8.57. The summed E-state index contributed by atoms with van der Waals surface area (Å²) in [4.78, 5) is 29.1. The van der Waals surface area contributed by atoms with Gasteiger partial charge in [0.25, 0.3) is 5.91 Å². The van der Waals surface area contributed by atoms with E-state index in [0.29, 0.717) is 28.3 Å². The average molecular weight is 436 g/mol. The minimum Gasteiger partial charge on any atom is -0.510 e. The van der Waals surface area contributed by atoms with Gasteiger partial charge in [0.15, 0.2) is 0 Å². The summed E-state index contributed by atoms with van der Waals surface area (Å²) in [5, 5.41) is 31.1. The van der Waals surface area contributed by atoms with Crippen molar-refractivity contribution < 1.29 is 19.8 Å². The molecule has 0 saturated heterocycles. The quantitative estimate of drug-likeness (QED) is 0.419. The van der Waals surface area contributed by atoms with Crippen LogP contribution in [0.2, 0.25) is 0 Å². The Hall–Kier alpha value is -3.72. The molecule has 31 heavy (non-hydrogen) atoms. The standard InChI is InChI=1S/C22H20N4O4S/c23-20-19(22-25-15-7-1-2-8-17(15)31-22)16(27)12-26(20)14-6-3-5-13(11-14)21(30)24-10-4-9-18(28)29/h1-3,5-8,11,23,27H,4,9-10,12H2,(H,24,30)(H,28,29). The number of amidine groups is 1. The highest BCUT2D eigenvalue weighted by molar-refractivity contribution is 7.19. The number of carboxylic acids is 1. The number of para-hydroxylation sites is 1. The molecule has 0 unspecified atom stereocenters. The molecule has 2 heterocycles. The molecular weight excluding hydrogens is 416 g/mol. The van der Waals surface area contributed by atoms with Gasteiger partial charge in [0, 0.05) is 24.2 Å². The van der Waals surface area contributed by atoms with Crippen LogP contribution in [0.4, 0.5) is 5.69 Å². The number of thiazole rings is 1. The number of anilines is 1. The van der Waals surface area contributed by atoms with Gasteiger partial charge in [-0.2, -0.15) is 0 Å². The van der Waals surface area contributed by atoms with Crippen molar-refractivity contribution >= 4 is 50.5 Å². The van der Waals surface area contributed by atoms with Gasteiger partial charge in [0.05, 0.1) is 22.3 Å². The first kappa shape index (κ1) is 20.5. The second-order valence-electron chi connectivity index (χ2n) is 7.05. The SMILES string of the molecule is N=C1C(c2nc3ccccc3s2)=C(O)CN1c1cccc(C(=O)NCCCC(=O)O)c1. The maximum Gasteiger partial charge on any atom is 0.303 e. The number of fused-ring (bicyclic) bond motifs is 1. The lowest BCUT2D eigenvalue weighted by molar-refractivity contribution is -0.137. The fraction of sp³-hybridized carbons (Fsp3) is 0.182. The predicted molar refractivity (Wildman–Crippen MR) is 120 cm³/mol.